The smallest absolute Gasteiger partial charge is 0.150 e. The number of hydrogen-bond acceptors (Lipinski definition) is 6. The van der Waals surface area contributed by atoms with E-state index in [0.29, 0.717) is 19.0 Å². The van der Waals surface area contributed by atoms with Gasteiger partial charge >= 0.3 is 0 Å². The minimum absolute atomic E-state index is 0.139. The normalized spacial score (nSPS) is 12.0. The third kappa shape index (κ3) is 7.19. The molecule has 0 saturated carbocycles. The monoisotopic (exact) mass is 388 g/mol. The van der Waals surface area contributed by atoms with E-state index in [0.717, 1.165) is 47.1 Å². The number of aliphatic imine (C=N–C) groups is 1. The topological polar surface area (TPSA) is 95.8 Å². The maximum absolute atomic E-state index is 6.10. The van der Waals surface area contributed by atoms with E-state index in [1.165, 1.54) is 0 Å². The first-order valence-corrected chi connectivity index (χ1v) is 9.96. The number of nitrogen functional groups attached to an aromatic ring is 1. The molecule has 0 unspecified atom stereocenters. The minimum Gasteiger partial charge on any atom is -0.382 e. The van der Waals surface area contributed by atoms with Crippen molar-refractivity contribution >= 4 is 28.1 Å². The van der Waals surface area contributed by atoms with Gasteiger partial charge in [0, 0.05) is 17.7 Å². The summed E-state index contributed by atoms with van der Waals surface area (Å²) in [5.74, 6) is 5.40. The summed E-state index contributed by atoms with van der Waals surface area (Å²) in [4.78, 5) is 13.8. The van der Waals surface area contributed by atoms with Gasteiger partial charge in [-0.3, -0.25) is 9.83 Å². The Kier molecular flexibility index (Phi) is 10.1. The van der Waals surface area contributed by atoms with Crippen molar-refractivity contribution in [3.8, 4) is 0 Å². The fourth-order valence-electron chi connectivity index (χ4n) is 2.44. The van der Waals surface area contributed by atoms with Crippen molar-refractivity contribution in [2.45, 2.75) is 66.4 Å². The molecule has 1 aromatic carbocycles. The molecule has 6 heteroatoms. The van der Waals surface area contributed by atoms with Crippen LogP contribution in [0.3, 0.4) is 0 Å². The number of hydrogen-bond donors (Lipinski definition) is 2. The number of anilines is 1. The molecule has 0 atom stereocenters. The first-order chi connectivity index (χ1) is 13.3. The molecule has 1 heterocycles. The summed E-state index contributed by atoms with van der Waals surface area (Å²) in [6.45, 7) is 13.3. The predicted octanol–water partition coefficient (Wildman–Crippen LogP) is 5.10. The highest BCUT2D eigenvalue weighted by Crippen LogP contribution is 2.31. The molecule has 4 N–H and O–H groups in total. The second kappa shape index (κ2) is 11.7. The highest BCUT2D eigenvalue weighted by molar-refractivity contribution is 5.94. The lowest BCUT2D eigenvalue weighted by Gasteiger charge is -2.18. The van der Waals surface area contributed by atoms with Gasteiger partial charge in [-0.15, -0.1) is 0 Å². The summed E-state index contributed by atoms with van der Waals surface area (Å²) >= 11 is 0. The van der Waals surface area contributed by atoms with Gasteiger partial charge in [0.25, 0.3) is 0 Å². The van der Waals surface area contributed by atoms with Crippen molar-refractivity contribution < 1.29 is 9.57 Å². The molecule has 0 fully saturated rings. The average Bonchev–Trinajstić information content (AvgIpc) is 2.69. The molecule has 156 valence electrons. The zero-order valence-electron chi connectivity index (χ0n) is 18.2. The molecule has 28 heavy (non-hydrogen) atoms. The molecule has 0 aliphatic heterocycles. The van der Waals surface area contributed by atoms with Gasteiger partial charge in [-0.25, -0.2) is 10.9 Å². The van der Waals surface area contributed by atoms with Crippen LogP contribution >= 0.6 is 0 Å². The van der Waals surface area contributed by atoms with E-state index in [1.807, 2.05) is 52.8 Å². The number of nitrogens with two attached hydrogens (primary N) is 2. The molecule has 2 rings (SSSR count). The lowest BCUT2D eigenvalue weighted by Crippen LogP contribution is -2.26. The number of pyridine rings is 1. The Balaban J connectivity index is 0.000000480. The van der Waals surface area contributed by atoms with Crippen molar-refractivity contribution in [2.75, 3.05) is 18.9 Å². The van der Waals surface area contributed by atoms with Crippen LogP contribution in [0.25, 0.3) is 10.9 Å². The number of aromatic nitrogens is 1. The van der Waals surface area contributed by atoms with E-state index in [4.69, 9.17) is 21.4 Å². The number of nitrogens with zero attached hydrogens (tertiary/aromatic N) is 2. The molecule has 2 aromatic rings. The van der Waals surface area contributed by atoms with Crippen LogP contribution in [0.1, 0.15) is 59.4 Å². The Morgan fingerprint density at radius 2 is 1.86 bits per heavy atom. The molecule has 0 radical (unpaired) electrons. The average molecular weight is 389 g/mol. The van der Waals surface area contributed by atoms with Crippen LogP contribution in [-0.4, -0.2) is 29.5 Å². The largest absolute Gasteiger partial charge is 0.382 e. The summed E-state index contributed by atoms with van der Waals surface area (Å²) in [5.41, 5.74) is 9.74. The molecule has 6 nitrogen and oxygen atoms in total. The molecule has 0 spiro atoms. The van der Waals surface area contributed by atoms with E-state index >= 15 is 0 Å². The van der Waals surface area contributed by atoms with Crippen LogP contribution in [0.5, 0.6) is 0 Å². The quantitative estimate of drug-likeness (QED) is 0.484. The van der Waals surface area contributed by atoms with Crippen LogP contribution in [-0.2, 0) is 9.57 Å². The summed E-state index contributed by atoms with van der Waals surface area (Å²) in [5, 5.41) is 1.10. The zero-order valence-corrected chi connectivity index (χ0v) is 18.2. The molecule has 0 amide bonds. The molecule has 0 saturated heterocycles. The molecule has 0 aliphatic carbocycles. The highest BCUT2D eigenvalue weighted by atomic mass is 16.6. The van der Waals surface area contributed by atoms with Gasteiger partial charge in [0.15, 0.2) is 0 Å². The second-order valence-electron chi connectivity index (χ2n) is 7.28. The fourth-order valence-corrected chi connectivity index (χ4v) is 2.44. The number of para-hydroxylation sites is 1. The van der Waals surface area contributed by atoms with Gasteiger partial charge in [-0.05, 0) is 52.2 Å². The predicted molar refractivity (Wildman–Crippen MR) is 119 cm³/mol. The van der Waals surface area contributed by atoms with Crippen LogP contribution in [0.15, 0.2) is 29.3 Å². The zero-order chi connectivity index (χ0) is 21.2. The maximum Gasteiger partial charge on any atom is 0.150 e. The van der Waals surface area contributed by atoms with Crippen molar-refractivity contribution in [3.63, 3.8) is 0 Å². The maximum atomic E-state index is 6.10. The Hall–Kier alpha value is -2.02. The van der Waals surface area contributed by atoms with E-state index in [1.54, 1.807) is 0 Å². The van der Waals surface area contributed by atoms with Crippen LogP contribution in [0.2, 0.25) is 0 Å². The van der Waals surface area contributed by atoms with Crippen LogP contribution in [0, 0.1) is 6.92 Å². The van der Waals surface area contributed by atoms with Gasteiger partial charge in [0.1, 0.15) is 11.5 Å². The lowest BCUT2D eigenvalue weighted by atomic mass is 10.1. The van der Waals surface area contributed by atoms with E-state index < -0.39 is 0 Å². The van der Waals surface area contributed by atoms with E-state index in [-0.39, 0.29) is 5.60 Å². The minimum atomic E-state index is -0.139. The summed E-state index contributed by atoms with van der Waals surface area (Å²) < 4.78 is 5.50. The first-order valence-electron chi connectivity index (χ1n) is 9.96. The van der Waals surface area contributed by atoms with E-state index in [9.17, 15) is 0 Å². The lowest BCUT2D eigenvalue weighted by molar-refractivity contribution is -0.0217. The molecular weight excluding hydrogens is 352 g/mol. The number of rotatable bonds is 8. The Bertz CT molecular complexity index is 766. The van der Waals surface area contributed by atoms with Crippen molar-refractivity contribution in [3.05, 3.63) is 29.8 Å². The molecule has 0 bridgehead atoms. The standard InChI is InChI=1S/C17H23N3O.C5H13NO/c1-4-8-13(11-21-5-2)19-16-12(3)14-9-6-7-10-15(14)20-17(16)18;1-4-5(2,3)7-6/h6-7,9-10H,4-5,8,11H2,1-3H3,(H2,18,20);4,6H2,1-3H3. The summed E-state index contributed by atoms with van der Waals surface area (Å²) in [7, 11) is 0. The van der Waals surface area contributed by atoms with Crippen LogP contribution in [0.4, 0.5) is 11.5 Å². The third-order valence-electron chi connectivity index (χ3n) is 4.60. The van der Waals surface area contributed by atoms with Gasteiger partial charge in [0.2, 0.25) is 0 Å². The molecule has 0 aliphatic rings. The number of benzene rings is 1. The van der Waals surface area contributed by atoms with Crippen molar-refractivity contribution in [2.24, 2.45) is 10.9 Å². The number of fused-ring (bicyclic) bond motifs is 1. The second-order valence-corrected chi connectivity index (χ2v) is 7.28. The fraction of sp³-hybridized carbons (Fsp3) is 0.545. The van der Waals surface area contributed by atoms with E-state index in [2.05, 4.69) is 22.8 Å². The Morgan fingerprint density at radius 3 is 2.39 bits per heavy atom. The van der Waals surface area contributed by atoms with Gasteiger partial charge in [0.05, 0.1) is 17.7 Å². The first kappa shape index (κ1) is 24.0. The van der Waals surface area contributed by atoms with Crippen molar-refractivity contribution in [1.29, 1.82) is 0 Å². The number of aryl methyl sites for hydroxylation is 1. The van der Waals surface area contributed by atoms with Gasteiger partial charge in [-0.1, -0.05) is 38.5 Å². The number of ether oxygens (including phenoxy) is 1. The highest BCUT2D eigenvalue weighted by Gasteiger charge is 2.12. The Labute approximate surface area is 169 Å². The van der Waals surface area contributed by atoms with Gasteiger partial charge in [-0.2, -0.15) is 0 Å². The summed E-state index contributed by atoms with van der Waals surface area (Å²) in [6, 6.07) is 8.00. The van der Waals surface area contributed by atoms with Crippen molar-refractivity contribution in [1.82, 2.24) is 4.98 Å². The van der Waals surface area contributed by atoms with Crippen LogP contribution < -0.4 is 11.6 Å². The van der Waals surface area contributed by atoms with Gasteiger partial charge < -0.3 is 10.5 Å². The molecule has 1 aromatic heterocycles. The summed E-state index contributed by atoms with van der Waals surface area (Å²) in [6.07, 6.45) is 2.89. The third-order valence-corrected chi connectivity index (χ3v) is 4.60. The SMILES string of the molecule is CCC(C)(C)ON.CCCC(COCC)=Nc1c(N)nc2ccccc2c1C. The molecular formula is C22H36N4O2. The Morgan fingerprint density at radius 1 is 1.18 bits per heavy atom.